The first kappa shape index (κ1) is 21.4. The van der Waals surface area contributed by atoms with Gasteiger partial charge in [0.1, 0.15) is 17.3 Å². The van der Waals surface area contributed by atoms with E-state index in [2.05, 4.69) is 25.6 Å². The third kappa shape index (κ3) is 5.27. The maximum absolute atomic E-state index is 12.5. The van der Waals surface area contributed by atoms with E-state index in [0.717, 1.165) is 52.1 Å². The number of rotatable bonds is 7. The maximum atomic E-state index is 12.5. The molecule has 0 radical (unpaired) electrons. The van der Waals surface area contributed by atoms with Crippen LogP contribution >= 0.6 is 23.2 Å². The number of hydrogen-bond acceptors (Lipinski definition) is 7. The van der Waals surface area contributed by atoms with E-state index in [1.165, 1.54) is 0 Å². The summed E-state index contributed by atoms with van der Waals surface area (Å²) in [5.41, 5.74) is 1.77. The molecule has 2 aromatic rings. The fourth-order valence-corrected chi connectivity index (χ4v) is 4.23. The molecule has 2 saturated heterocycles. The van der Waals surface area contributed by atoms with Crippen LogP contribution in [0.25, 0.3) is 11.3 Å². The van der Waals surface area contributed by atoms with E-state index in [0.29, 0.717) is 33.7 Å². The van der Waals surface area contributed by atoms with Crippen LogP contribution < -0.4 is 10.6 Å². The number of ketones is 1. The van der Waals surface area contributed by atoms with Crippen LogP contribution in [0, 0.1) is 11.8 Å². The van der Waals surface area contributed by atoms with Gasteiger partial charge < -0.3 is 15.4 Å². The van der Waals surface area contributed by atoms with Gasteiger partial charge in [-0.1, -0.05) is 23.2 Å². The Labute approximate surface area is 185 Å². The van der Waals surface area contributed by atoms with Crippen molar-refractivity contribution in [1.29, 1.82) is 0 Å². The third-order valence-corrected chi connectivity index (χ3v) is 6.26. The second kappa shape index (κ2) is 10.0. The van der Waals surface area contributed by atoms with Crippen molar-refractivity contribution in [1.82, 2.24) is 20.3 Å². The molecule has 9 heteroatoms. The van der Waals surface area contributed by atoms with Gasteiger partial charge in [-0.3, -0.25) is 9.78 Å². The van der Waals surface area contributed by atoms with Gasteiger partial charge in [-0.15, -0.1) is 0 Å². The van der Waals surface area contributed by atoms with E-state index in [4.69, 9.17) is 27.9 Å². The first-order valence-corrected chi connectivity index (χ1v) is 11.1. The third-order valence-electron chi connectivity index (χ3n) is 5.68. The molecule has 2 aromatic heterocycles. The van der Waals surface area contributed by atoms with Crippen molar-refractivity contribution in [2.75, 3.05) is 38.2 Å². The van der Waals surface area contributed by atoms with Crippen molar-refractivity contribution in [3.05, 3.63) is 34.3 Å². The summed E-state index contributed by atoms with van der Waals surface area (Å²) < 4.78 is 5.41. The number of carbonyl (C=O) groups is 1. The molecule has 2 N–H and O–H groups in total. The highest BCUT2D eigenvalue weighted by atomic mass is 35.5. The standard InChI is InChI=1S/C21H25Cl2N5O2/c22-17-11-25-15(8-18(29)14-1-4-24-10-14)7-16(17)20-21(23)27-12-19(28-20)26-9-13-2-5-30-6-3-13/h7,11-14,24H,1-6,8-10H2,(H,26,28)/t14-/m1/s1. The van der Waals surface area contributed by atoms with Crippen molar-refractivity contribution in [2.24, 2.45) is 11.8 Å². The first-order chi connectivity index (χ1) is 14.6. The molecular formula is C21H25Cl2N5O2. The van der Waals surface area contributed by atoms with Crippen LogP contribution in [0.1, 0.15) is 25.0 Å². The van der Waals surface area contributed by atoms with Crippen molar-refractivity contribution in [3.63, 3.8) is 0 Å². The highest BCUT2D eigenvalue weighted by Crippen LogP contribution is 2.32. The van der Waals surface area contributed by atoms with Gasteiger partial charge in [-0.05, 0) is 37.8 Å². The van der Waals surface area contributed by atoms with Crippen LogP contribution in [0.3, 0.4) is 0 Å². The Morgan fingerprint density at radius 1 is 1.20 bits per heavy atom. The second-order valence-corrected chi connectivity index (χ2v) is 8.58. The van der Waals surface area contributed by atoms with Gasteiger partial charge in [-0.2, -0.15) is 0 Å². The average molecular weight is 450 g/mol. The summed E-state index contributed by atoms with van der Waals surface area (Å²) >= 11 is 12.7. The summed E-state index contributed by atoms with van der Waals surface area (Å²) in [6, 6.07) is 1.79. The number of anilines is 1. The summed E-state index contributed by atoms with van der Waals surface area (Å²) in [6.45, 7) is 4.02. The Bertz CT molecular complexity index is 899. The van der Waals surface area contributed by atoms with Crippen molar-refractivity contribution in [3.8, 4) is 11.3 Å². The second-order valence-electron chi connectivity index (χ2n) is 7.82. The summed E-state index contributed by atoms with van der Waals surface area (Å²) in [6.07, 6.45) is 6.38. The fraction of sp³-hybridized carbons (Fsp3) is 0.524. The van der Waals surface area contributed by atoms with Crippen LogP contribution in [0.15, 0.2) is 18.5 Å². The minimum atomic E-state index is 0.0482. The Balaban J connectivity index is 1.51. The average Bonchev–Trinajstić information content (AvgIpc) is 3.31. The molecule has 0 saturated carbocycles. The Kier molecular flexibility index (Phi) is 7.15. The number of carbonyl (C=O) groups excluding carboxylic acids is 1. The lowest BCUT2D eigenvalue weighted by molar-refractivity contribution is -0.121. The van der Waals surface area contributed by atoms with Crippen molar-refractivity contribution in [2.45, 2.75) is 25.7 Å². The van der Waals surface area contributed by atoms with Gasteiger partial charge >= 0.3 is 0 Å². The van der Waals surface area contributed by atoms with Gasteiger partial charge in [0.25, 0.3) is 0 Å². The zero-order valence-corrected chi connectivity index (χ0v) is 18.2. The van der Waals surface area contributed by atoms with Gasteiger partial charge in [0, 0.05) is 56.1 Å². The number of ether oxygens (including phenoxy) is 1. The molecule has 30 heavy (non-hydrogen) atoms. The van der Waals surface area contributed by atoms with Crippen LogP contribution in [-0.4, -0.2) is 53.6 Å². The number of hydrogen-bond donors (Lipinski definition) is 2. The zero-order valence-electron chi connectivity index (χ0n) is 16.7. The highest BCUT2D eigenvalue weighted by molar-refractivity contribution is 6.35. The van der Waals surface area contributed by atoms with Crippen LogP contribution in [0.5, 0.6) is 0 Å². The van der Waals surface area contributed by atoms with Gasteiger partial charge in [0.05, 0.1) is 11.2 Å². The molecule has 0 bridgehead atoms. The summed E-state index contributed by atoms with van der Waals surface area (Å²) in [4.78, 5) is 25.8. The van der Waals surface area contributed by atoms with Gasteiger partial charge in [0.15, 0.2) is 5.15 Å². The van der Waals surface area contributed by atoms with E-state index in [1.54, 1.807) is 18.5 Å². The molecule has 2 aliphatic rings. The van der Waals surface area contributed by atoms with E-state index < -0.39 is 0 Å². The lowest BCUT2D eigenvalue weighted by atomic mass is 9.98. The van der Waals surface area contributed by atoms with Crippen LogP contribution in [0.4, 0.5) is 5.82 Å². The molecule has 7 nitrogen and oxygen atoms in total. The molecule has 2 aliphatic heterocycles. The summed E-state index contributed by atoms with van der Waals surface area (Å²) in [7, 11) is 0. The van der Waals surface area contributed by atoms with E-state index >= 15 is 0 Å². The van der Waals surface area contributed by atoms with E-state index in [9.17, 15) is 4.79 Å². The Hall–Kier alpha value is -1.80. The van der Waals surface area contributed by atoms with Crippen molar-refractivity contribution >= 4 is 34.8 Å². The lowest BCUT2D eigenvalue weighted by Crippen LogP contribution is -2.23. The lowest BCUT2D eigenvalue weighted by Gasteiger charge is -2.22. The molecule has 1 atom stereocenters. The quantitative estimate of drug-likeness (QED) is 0.669. The van der Waals surface area contributed by atoms with E-state index in [1.807, 2.05) is 0 Å². The fourth-order valence-electron chi connectivity index (χ4n) is 3.84. The number of halogens is 2. The number of nitrogens with zero attached hydrogens (tertiary/aromatic N) is 3. The molecule has 0 aromatic carbocycles. The SMILES string of the molecule is O=C(Cc1cc(-c2nc(NCC3CCOCC3)cnc2Cl)c(Cl)cn1)[C@@H]1CCNC1. The molecule has 0 spiro atoms. The smallest absolute Gasteiger partial charge is 0.155 e. The molecule has 0 amide bonds. The largest absolute Gasteiger partial charge is 0.381 e. The number of pyridine rings is 1. The highest BCUT2D eigenvalue weighted by Gasteiger charge is 2.23. The molecular weight excluding hydrogens is 425 g/mol. The zero-order chi connectivity index (χ0) is 20.9. The minimum Gasteiger partial charge on any atom is -0.381 e. The maximum Gasteiger partial charge on any atom is 0.155 e. The predicted octanol–water partition coefficient (Wildman–Crippen LogP) is 3.41. The number of aromatic nitrogens is 3. The minimum absolute atomic E-state index is 0.0482. The monoisotopic (exact) mass is 449 g/mol. The molecule has 0 aliphatic carbocycles. The molecule has 0 unspecified atom stereocenters. The molecule has 4 heterocycles. The number of Topliss-reactive ketones (excluding diaryl/α,β-unsaturated/α-hetero) is 1. The van der Waals surface area contributed by atoms with Crippen LogP contribution in [0.2, 0.25) is 10.2 Å². The van der Waals surface area contributed by atoms with Gasteiger partial charge in [-0.25, -0.2) is 9.97 Å². The molecule has 4 rings (SSSR count). The van der Waals surface area contributed by atoms with Crippen molar-refractivity contribution < 1.29 is 9.53 Å². The van der Waals surface area contributed by atoms with Gasteiger partial charge in [0.2, 0.25) is 0 Å². The molecule has 2 fully saturated rings. The van der Waals surface area contributed by atoms with Crippen LogP contribution in [-0.2, 0) is 16.0 Å². The molecule has 160 valence electrons. The topological polar surface area (TPSA) is 89.0 Å². The first-order valence-electron chi connectivity index (χ1n) is 10.3. The summed E-state index contributed by atoms with van der Waals surface area (Å²) in [5, 5.41) is 7.25. The number of nitrogens with one attached hydrogen (secondary N) is 2. The Morgan fingerprint density at radius 3 is 2.80 bits per heavy atom. The summed E-state index contributed by atoms with van der Waals surface area (Å²) in [5.74, 6) is 1.42. The Morgan fingerprint density at radius 2 is 2.03 bits per heavy atom. The van der Waals surface area contributed by atoms with E-state index in [-0.39, 0.29) is 23.3 Å². The normalized spacial score (nSPS) is 19.7. The predicted molar refractivity (Wildman–Crippen MR) is 117 cm³/mol.